The van der Waals surface area contributed by atoms with Crippen LogP contribution in [0, 0.1) is 0 Å². The number of hydrogen-bond acceptors (Lipinski definition) is 5. The third-order valence-electron chi connectivity index (χ3n) is 3.73. The molecule has 1 aromatic heterocycles. The number of carbonyl (C=O) groups is 1. The number of aromatic nitrogens is 2. The van der Waals surface area contributed by atoms with Crippen LogP contribution in [0.3, 0.4) is 0 Å². The van der Waals surface area contributed by atoms with Gasteiger partial charge in [0.15, 0.2) is 5.78 Å². The summed E-state index contributed by atoms with van der Waals surface area (Å²) in [5.41, 5.74) is 2.39. The highest BCUT2D eigenvalue weighted by molar-refractivity contribution is 5.97. The van der Waals surface area contributed by atoms with Crippen LogP contribution in [0.15, 0.2) is 67.1 Å². The van der Waals surface area contributed by atoms with Gasteiger partial charge in [0, 0.05) is 11.8 Å². The van der Waals surface area contributed by atoms with Gasteiger partial charge < -0.3 is 9.47 Å². The van der Waals surface area contributed by atoms with Crippen LogP contribution in [0.4, 0.5) is 0 Å². The smallest absolute Gasteiger partial charge is 0.168 e. The molecule has 0 aliphatic rings. The Balaban J connectivity index is 1.57. The molecule has 25 heavy (non-hydrogen) atoms. The minimum Gasteiger partial charge on any atom is -0.497 e. The second kappa shape index (κ2) is 8.06. The van der Waals surface area contributed by atoms with E-state index in [2.05, 4.69) is 9.97 Å². The number of nitrogens with zero attached hydrogens (tertiary/aromatic N) is 2. The molecule has 5 nitrogen and oxygen atoms in total. The zero-order valence-corrected chi connectivity index (χ0v) is 13.9. The molecule has 0 atom stereocenters. The molecule has 0 spiro atoms. The Kier molecular flexibility index (Phi) is 5.36. The van der Waals surface area contributed by atoms with Gasteiger partial charge in [-0.1, -0.05) is 12.1 Å². The van der Waals surface area contributed by atoms with Crippen LogP contribution < -0.4 is 9.47 Å². The van der Waals surface area contributed by atoms with Crippen LogP contribution >= 0.6 is 0 Å². The van der Waals surface area contributed by atoms with Crippen molar-refractivity contribution < 1.29 is 14.3 Å². The molecule has 0 saturated carbocycles. The lowest BCUT2D eigenvalue weighted by Gasteiger charge is -2.08. The SMILES string of the molecule is COc1ccc(COc2ccc(C(=O)Cc3ccncn3)cc2)cc1. The Labute approximate surface area is 146 Å². The molecule has 0 aliphatic carbocycles. The first-order valence-electron chi connectivity index (χ1n) is 7.88. The molecule has 0 amide bonds. The molecular formula is C20H18N2O3. The molecule has 0 unspecified atom stereocenters. The zero-order chi connectivity index (χ0) is 17.5. The Bertz CT molecular complexity index is 816. The molecule has 2 aromatic carbocycles. The number of Topliss-reactive ketones (excluding diaryl/α,β-unsaturated/α-hetero) is 1. The topological polar surface area (TPSA) is 61.3 Å². The zero-order valence-electron chi connectivity index (χ0n) is 13.9. The van der Waals surface area contributed by atoms with Crippen molar-refractivity contribution in [1.82, 2.24) is 9.97 Å². The standard InChI is InChI=1S/C20H18N2O3/c1-24-18-6-2-15(3-7-18)13-25-19-8-4-16(5-9-19)20(23)12-17-10-11-21-14-22-17/h2-11,14H,12-13H2,1H3. The lowest BCUT2D eigenvalue weighted by atomic mass is 10.1. The van der Waals surface area contributed by atoms with Gasteiger partial charge in [-0.3, -0.25) is 4.79 Å². The van der Waals surface area contributed by atoms with Gasteiger partial charge in [-0.25, -0.2) is 9.97 Å². The molecular weight excluding hydrogens is 316 g/mol. The molecule has 0 saturated heterocycles. The van der Waals surface area contributed by atoms with Crippen LogP contribution in [-0.2, 0) is 13.0 Å². The van der Waals surface area contributed by atoms with Gasteiger partial charge in [0.05, 0.1) is 19.2 Å². The molecule has 126 valence electrons. The minimum absolute atomic E-state index is 0.0143. The third-order valence-corrected chi connectivity index (χ3v) is 3.73. The first-order valence-corrected chi connectivity index (χ1v) is 7.88. The van der Waals surface area contributed by atoms with Gasteiger partial charge in [-0.2, -0.15) is 0 Å². The molecule has 0 N–H and O–H groups in total. The number of ether oxygens (including phenoxy) is 2. The van der Waals surface area contributed by atoms with E-state index in [9.17, 15) is 4.79 Å². The van der Waals surface area contributed by atoms with E-state index in [4.69, 9.17) is 9.47 Å². The highest BCUT2D eigenvalue weighted by Crippen LogP contribution is 2.17. The maximum atomic E-state index is 12.3. The highest BCUT2D eigenvalue weighted by atomic mass is 16.5. The van der Waals surface area contributed by atoms with E-state index in [1.807, 2.05) is 24.3 Å². The average molecular weight is 334 g/mol. The van der Waals surface area contributed by atoms with E-state index in [0.717, 1.165) is 17.1 Å². The fraction of sp³-hybridized carbons (Fsp3) is 0.150. The van der Waals surface area contributed by atoms with E-state index in [-0.39, 0.29) is 12.2 Å². The fourth-order valence-electron chi connectivity index (χ4n) is 2.31. The van der Waals surface area contributed by atoms with Crippen molar-refractivity contribution in [2.75, 3.05) is 7.11 Å². The summed E-state index contributed by atoms with van der Waals surface area (Å²) in [6.07, 6.45) is 3.33. The monoisotopic (exact) mass is 334 g/mol. The van der Waals surface area contributed by atoms with Crippen molar-refractivity contribution in [1.29, 1.82) is 0 Å². The summed E-state index contributed by atoms with van der Waals surface area (Å²) in [6, 6.07) is 16.6. The predicted molar refractivity (Wildman–Crippen MR) is 93.8 cm³/mol. The maximum absolute atomic E-state index is 12.3. The Morgan fingerprint density at radius 3 is 2.32 bits per heavy atom. The van der Waals surface area contributed by atoms with E-state index in [0.29, 0.717) is 17.9 Å². The largest absolute Gasteiger partial charge is 0.497 e. The molecule has 0 bridgehead atoms. The number of ketones is 1. The number of methoxy groups -OCH3 is 1. The molecule has 3 aromatic rings. The summed E-state index contributed by atoms with van der Waals surface area (Å²) in [5, 5.41) is 0. The highest BCUT2D eigenvalue weighted by Gasteiger charge is 2.08. The van der Waals surface area contributed by atoms with E-state index >= 15 is 0 Å². The van der Waals surface area contributed by atoms with Crippen LogP contribution in [0.5, 0.6) is 11.5 Å². The third kappa shape index (κ3) is 4.64. The summed E-state index contributed by atoms with van der Waals surface area (Å²) in [7, 11) is 1.64. The molecule has 0 aliphatic heterocycles. The van der Waals surface area contributed by atoms with E-state index in [1.165, 1.54) is 6.33 Å². The predicted octanol–water partition coefficient (Wildman–Crippen LogP) is 3.49. The maximum Gasteiger partial charge on any atom is 0.168 e. The van der Waals surface area contributed by atoms with Gasteiger partial charge >= 0.3 is 0 Å². The summed E-state index contributed by atoms with van der Waals surface area (Å²) in [5.74, 6) is 1.55. The number of benzene rings is 2. The second-order valence-corrected chi connectivity index (χ2v) is 5.46. The van der Waals surface area contributed by atoms with E-state index < -0.39 is 0 Å². The lowest BCUT2D eigenvalue weighted by Crippen LogP contribution is -2.05. The van der Waals surface area contributed by atoms with Gasteiger partial charge in [0.25, 0.3) is 0 Å². The number of rotatable bonds is 7. The van der Waals surface area contributed by atoms with Crippen LogP contribution in [-0.4, -0.2) is 22.9 Å². The van der Waals surface area contributed by atoms with Crippen molar-refractivity contribution >= 4 is 5.78 Å². The molecule has 3 rings (SSSR count). The average Bonchev–Trinajstić information content (AvgIpc) is 2.68. The van der Waals surface area contributed by atoms with Crippen molar-refractivity contribution in [3.63, 3.8) is 0 Å². The van der Waals surface area contributed by atoms with Crippen molar-refractivity contribution in [3.05, 3.63) is 83.9 Å². The number of carbonyl (C=O) groups excluding carboxylic acids is 1. The van der Waals surface area contributed by atoms with Crippen LogP contribution in [0.2, 0.25) is 0 Å². The van der Waals surface area contributed by atoms with Gasteiger partial charge in [0.1, 0.15) is 24.4 Å². The van der Waals surface area contributed by atoms with Gasteiger partial charge in [-0.05, 0) is 48.0 Å². The fourth-order valence-corrected chi connectivity index (χ4v) is 2.31. The second-order valence-electron chi connectivity index (χ2n) is 5.46. The quantitative estimate of drug-likeness (QED) is 0.619. The van der Waals surface area contributed by atoms with Gasteiger partial charge in [0.2, 0.25) is 0 Å². The van der Waals surface area contributed by atoms with Gasteiger partial charge in [-0.15, -0.1) is 0 Å². The van der Waals surface area contributed by atoms with Crippen molar-refractivity contribution in [2.45, 2.75) is 13.0 Å². The first-order chi connectivity index (χ1) is 12.2. The number of hydrogen-bond donors (Lipinski definition) is 0. The summed E-state index contributed by atoms with van der Waals surface area (Å²) < 4.78 is 10.9. The summed E-state index contributed by atoms with van der Waals surface area (Å²) in [6.45, 7) is 0.457. The minimum atomic E-state index is 0.0143. The molecule has 1 heterocycles. The van der Waals surface area contributed by atoms with E-state index in [1.54, 1.807) is 43.6 Å². The first kappa shape index (κ1) is 16.6. The lowest BCUT2D eigenvalue weighted by molar-refractivity contribution is 0.0992. The van der Waals surface area contributed by atoms with Crippen LogP contribution in [0.25, 0.3) is 0 Å². The van der Waals surface area contributed by atoms with Crippen molar-refractivity contribution in [3.8, 4) is 11.5 Å². The Morgan fingerprint density at radius 2 is 1.68 bits per heavy atom. The van der Waals surface area contributed by atoms with Crippen LogP contribution in [0.1, 0.15) is 21.6 Å². The normalized spacial score (nSPS) is 10.3. The summed E-state index contributed by atoms with van der Waals surface area (Å²) in [4.78, 5) is 20.2. The Morgan fingerprint density at radius 1 is 0.960 bits per heavy atom. The Hall–Kier alpha value is -3.21. The summed E-state index contributed by atoms with van der Waals surface area (Å²) >= 11 is 0. The van der Waals surface area contributed by atoms with Crippen molar-refractivity contribution in [2.24, 2.45) is 0 Å². The molecule has 5 heteroatoms. The molecule has 0 fully saturated rings. The molecule has 0 radical (unpaired) electrons.